The molecule has 3 aromatic rings. The first-order chi connectivity index (χ1) is 13.6. The minimum atomic E-state index is -0.255. The third-order valence-corrected chi connectivity index (χ3v) is 5.81. The molecular weight excluding hydrogens is 396 g/mol. The van der Waals surface area contributed by atoms with Crippen molar-refractivity contribution < 1.29 is 19.1 Å². The van der Waals surface area contributed by atoms with Crippen LogP contribution in [-0.4, -0.2) is 35.8 Å². The molecule has 0 atom stereocenters. The first-order valence-corrected chi connectivity index (χ1v) is 10.6. The van der Waals surface area contributed by atoms with E-state index >= 15 is 0 Å². The second kappa shape index (κ2) is 9.57. The van der Waals surface area contributed by atoms with Crippen LogP contribution in [0.4, 0.5) is 5.69 Å². The Morgan fingerprint density at radius 1 is 1.11 bits per heavy atom. The number of aromatic nitrogens is 1. The molecule has 146 valence electrons. The molecule has 3 rings (SSSR count). The molecule has 0 aliphatic rings. The Morgan fingerprint density at radius 3 is 2.61 bits per heavy atom. The minimum absolute atomic E-state index is 0.191. The highest BCUT2D eigenvalue weighted by Crippen LogP contribution is 2.31. The highest BCUT2D eigenvalue weighted by Gasteiger charge is 2.11. The number of benzene rings is 2. The summed E-state index contributed by atoms with van der Waals surface area (Å²) < 4.78 is 12.0. The second-order valence-corrected chi connectivity index (χ2v) is 7.92. The molecule has 1 aromatic heterocycles. The largest absolute Gasteiger partial charge is 0.494 e. The zero-order chi connectivity index (χ0) is 19.9. The molecule has 0 aliphatic heterocycles. The van der Waals surface area contributed by atoms with Gasteiger partial charge < -0.3 is 14.8 Å². The first-order valence-electron chi connectivity index (χ1n) is 8.82. The first kappa shape index (κ1) is 20.2. The molecule has 0 saturated carbocycles. The van der Waals surface area contributed by atoms with E-state index in [4.69, 9.17) is 9.47 Å². The van der Waals surface area contributed by atoms with Gasteiger partial charge in [-0.05, 0) is 56.3 Å². The molecule has 1 heterocycles. The summed E-state index contributed by atoms with van der Waals surface area (Å²) >= 11 is 2.83. The van der Waals surface area contributed by atoms with Crippen molar-refractivity contribution >= 4 is 50.9 Å². The number of esters is 1. The quantitative estimate of drug-likeness (QED) is 0.427. The van der Waals surface area contributed by atoms with Gasteiger partial charge in [-0.2, -0.15) is 0 Å². The Bertz CT molecular complexity index is 970. The van der Waals surface area contributed by atoms with Crippen LogP contribution >= 0.6 is 23.1 Å². The molecule has 0 unspecified atom stereocenters. The zero-order valence-corrected chi connectivity index (χ0v) is 17.2. The number of nitrogens with one attached hydrogen (secondary N) is 1. The summed E-state index contributed by atoms with van der Waals surface area (Å²) in [5, 5.41) is 2.90. The molecule has 6 nitrogen and oxygen atoms in total. The van der Waals surface area contributed by atoms with Crippen LogP contribution in [0.25, 0.3) is 10.2 Å². The van der Waals surface area contributed by atoms with E-state index in [9.17, 15) is 9.59 Å². The molecule has 2 aromatic carbocycles. The van der Waals surface area contributed by atoms with E-state index in [-0.39, 0.29) is 17.6 Å². The summed E-state index contributed by atoms with van der Waals surface area (Å²) in [7, 11) is 0. The molecule has 28 heavy (non-hydrogen) atoms. The van der Waals surface area contributed by atoms with E-state index in [1.165, 1.54) is 23.1 Å². The Morgan fingerprint density at radius 2 is 1.89 bits per heavy atom. The van der Waals surface area contributed by atoms with Gasteiger partial charge in [-0.25, -0.2) is 4.98 Å². The summed E-state index contributed by atoms with van der Waals surface area (Å²) in [4.78, 5) is 28.4. The lowest BCUT2D eigenvalue weighted by Crippen LogP contribution is -2.11. The summed E-state index contributed by atoms with van der Waals surface area (Å²) in [6, 6.07) is 12.6. The van der Waals surface area contributed by atoms with Crippen molar-refractivity contribution in [2.24, 2.45) is 0 Å². The monoisotopic (exact) mass is 416 g/mol. The third-order valence-electron chi connectivity index (χ3n) is 3.67. The molecule has 0 saturated heterocycles. The number of carbonyl (C=O) groups is 2. The van der Waals surface area contributed by atoms with Crippen molar-refractivity contribution in [1.29, 1.82) is 0 Å². The van der Waals surface area contributed by atoms with Crippen LogP contribution < -0.4 is 10.1 Å². The number of hydrogen-bond acceptors (Lipinski definition) is 7. The van der Waals surface area contributed by atoms with Crippen molar-refractivity contribution in [3.8, 4) is 5.75 Å². The summed E-state index contributed by atoms with van der Waals surface area (Å²) in [5.41, 5.74) is 2.07. The molecule has 0 bridgehead atoms. The van der Waals surface area contributed by atoms with Gasteiger partial charge in [-0.15, -0.1) is 11.3 Å². The number of ether oxygens (including phenoxy) is 2. The average molecular weight is 417 g/mol. The number of rotatable bonds is 8. The van der Waals surface area contributed by atoms with E-state index in [1.807, 2.05) is 25.1 Å². The third kappa shape index (κ3) is 5.24. The van der Waals surface area contributed by atoms with Gasteiger partial charge in [0.15, 0.2) is 4.34 Å². The number of thioether (sulfide) groups is 1. The van der Waals surface area contributed by atoms with E-state index in [2.05, 4.69) is 10.3 Å². The van der Waals surface area contributed by atoms with Gasteiger partial charge in [0.05, 0.1) is 29.2 Å². The molecule has 0 fully saturated rings. The van der Waals surface area contributed by atoms with Crippen LogP contribution in [0.15, 0.2) is 46.8 Å². The average Bonchev–Trinajstić information content (AvgIpc) is 3.10. The van der Waals surface area contributed by atoms with E-state index < -0.39 is 0 Å². The highest BCUT2D eigenvalue weighted by atomic mass is 32.2. The lowest BCUT2D eigenvalue weighted by molar-refractivity contribution is -0.139. The number of carbonyl (C=O) groups excluding carboxylic acids is 2. The SMILES string of the molecule is CCOC(=O)CSc1nc2ccc(NC(=O)c3ccc(OCC)cc3)cc2s1. The van der Waals surface area contributed by atoms with Crippen LogP contribution in [0.3, 0.4) is 0 Å². The van der Waals surface area contributed by atoms with Crippen molar-refractivity contribution in [3.63, 3.8) is 0 Å². The van der Waals surface area contributed by atoms with Crippen LogP contribution in [0.1, 0.15) is 24.2 Å². The normalized spacial score (nSPS) is 10.6. The summed E-state index contributed by atoms with van der Waals surface area (Å²) in [6.45, 7) is 4.65. The molecule has 0 spiro atoms. The van der Waals surface area contributed by atoms with Crippen molar-refractivity contribution in [2.75, 3.05) is 24.3 Å². The number of nitrogens with zero attached hydrogens (tertiary/aromatic N) is 1. The van der Waals surface area contributed by atoms with Crippen LogP contribution in [-0.2, 0) is 9.53 Å². The molecule has 0 aliphatic carbocycles. The van der Waals surface area contributed by atoms with Gasteiger partial charge in [-0.3, -0.25) is 9.59 Å². The van der Waals surface area contributed by atoms with Crippen LogP contribution in [0.2, 0.25) is 0 Å². The van der Waals surface area contributed by atoms with Crippen molar-refractivity contribution in [3.05, 3.63) is 48.0 Å². The fraction of sp³-hybridized carbons (Fsp3) is 0.250. The number of fused-ring (bicyclic) bond motifs is 1. The number of hydrogen-bond donors (Lipinski definition) is 1. The maximum atomic E-state index is 12.4. The van der Waals surface area contributed by atoms with Gasteiger partial charge in [0.2, 0.25) is 0 Å². The topological polar surface area (TPSA) is 77.5 Å². The second-order valence-electron chi connectivity index (χ2n) is 5.67. The maximum absolute atomic E-state index is 12.4. The number of amides is 1. The van der Waals surface area contributed by atoms with Crippen LogP contribution in [0.5, 0.6) is 5.75 Å². The van der Waals surface area contributed by atoms with Gasteiger partial charge in [-0.1, -0.05) is 11.8 Å². The summed E-state index contributed by atoms with van der Waals surface area (Å²) in [6.07, 6.45) is 0. The Labute approximate surface area is 171 Å². The van der Waals surface area contributed by atoms with Crippen molar-refractivity contribution in [1.82, 2.24) is 4.98 Å². The van der Waals surface area contributed by atoms with Crippen molar-refractivity contribution in [2.45, 2.75) is 18.2 Å². The fourth-order valence-electron chi connectivity index (χ4n) is 2.44. The zero-order valence-electron chi connectivity index (χ0n) is 15.6. The molecular formula is C20H20N2O4S2. The van der Waals surface area contributed by atoms with Gasteiger partial charge in [0.25, 0.3) is 5.91 Å². The smallest absolute Gasteiger partial charge is 0.316 e. The Balaban J connectivity index is 1.66. The van der Waals surface area contributed by atoms with Crippen LogP contribution in [0, 0.1) is 0 Å². The Hall–Kier alpha value is -2.58. The minimum Gasteiger partial charge on any atom is -0.494 e. The predicted molar refractivity (Wildman–Crippen MR) is 113 cm³/mol. The maximum Gasteiger partial charge on any atom is 0.316 e. The van der Waals surface area contributed by atoms with Gasteiger partial charge in [0, 0.05) is 11.3 Å². The lowest BCUT2D eigenvalue weighted by Gasteiger charge is -2.07. The predicted octanol–water partition coefficient (Wildman–Crippen LogP) is 4.60. The van der Waals surface area contributed by atoms with Gasteiger partial charge >= 0.3 is 5.97 Å². The number of thiazole rings is 1. The standard InChI is InChI=1S/C20H20N2O4S2/c1-3-25-15-8-5-13(6-9-15)19(24)21-14-7-10-16-17(11-14)28-20(22-16)27-12-18(23)26-4-2/h5-11H,3-4,12H2,1-2H3,(H,21,24). The van der Waals surface area contributed by atoms with Gasteiger partial charge in [0.1, 0.15) is 5.75 Å². The summed E-state index contributed by atoms with van der Waals surface area (Å²) in [5.74, 6) is 0.520. The molecule has 0 radical (unpaired) electrons. The Kier molecular flexibility index (Phi) is 6.89. The lowest BCUT2D eigenvalue weighted by atomic mass is 10.2. The fourth-order valence-corrected chi connectivity index (χ4v) is 4.34. The van der Waals surface area contributed by atoms with E-state index in [0.717, 1.165) is 20.3 Å². The number of anilines is 1. The molecule has 1 N–H and O–H groups in total. The highest BCUT2D eigenvalue weighted by molar-refractivity contribution is 8.01. The van der Waals surface area contributed by atoms with E-state index in [0.29, 0.717) is 24.5 Å². The van der Waals surface area contributed by atoms with E-state index in [1.54, 1.807) is 31.2 Å². The molecule has 8 heteroatoms. The molecule has 1 amide bonds.